The maximum Gasteiger partial charge on any atom is 0.335 e. The van der Waals surface area contributed by atoms with Crippen LogP contribution in [0, 0.1) is 0 Å². The first kappa shape index (κ1) is 13.5. The number of hydrogen-bond donors (Lipinski definition) is 3. The quantitative estimate of drug-likeness (QED) is 0.770. The van der Waals surface area contributed by atoms with Gasteiger partial charge in [-0.3, -0.25) is 0 Å². The van der Waals surface area contributed by atoms with E-state index in [-0.39, 0.29) is 5.56 Å². The minimum absolute atomic E-state index is 0.145. The highest BCUT2D eigenvalue weighted by atomic mass is 16.4. The second kappa shape index (κ2) is 4.99. The molecule has 102 valence electrons. The number of imidazole rings is 1. The summed E-state index contributed by atoms with van der Waals surface area (Å²) in [4.78, 5) is 15.2. The Morgan fingerprint density at radius 3 is 2.58 bits per heavy atom. The van der Waals surface area contributed by atoms with Crippen molar-refractivity contribution in [3.8, 4) is 0 Å². The van der Waals surface area contributed by atoms with Gasteiger partial charge >= 0.3 is 5.97 Å². The van der Waals surface area contributed by atoms with Gasteiger partial charge in [0.25, 0.3) is 0 Å². The predicted molar refractivity (Wildman–Crippen MR) is 69.0 cm³/mol. The Morgan fingerprint density at radius 1 is 1.37 bits per heavy atom. The molecular weight excluding hydrogens is 248 g/mol. The lowest BCUT2D eigenvalue weighted by atomic mass is 10.2. The average Bonchev–Trinajstić information content (AvgIpc) is 2.66. The van der Waals surface area contributed by atoms with E-state index in [1.807, 2.05) is 0 Å². The smallest absolute Gasteiger partial charge is 0.335 e. The maximum absolute atomic E-state index is 10.9. The number of aromatic carboxylic acids is 1. The molecule has 0 aliphatic heterocycles. The topological polar surface area (TPSA) is 95.6 Å². The van der Waals surface area contributed by atoms with E-state index < -0.39 is 18.2 Å². The van der Waals surface area contributed by atoms with E-state index in [1.54, 1.807) is 24.5 Å². The van der Waals surface area contributed by atoms with Crippen LogP contribution in [0.4, 0.5) is 0 Å². The zero-order valence-electron chi connectivity index (χ0n) is 10.7. The van der Waals surface area contributed by atoms with Gasteiger partial charge in [-0.05, 0) is 32.0 Å². The largest absolute Gasteiger partial charge is 0.478 e. The molecule has 1 heterocycles. The van der Waals surface area contributed by atoms with Crippen LogP contribution in [0.3, 0.4) is 0 Å². The number of nitrogens with zero attached hydrogens (tertiary/aromatic N) is 2. The van der Waals surface area contributed by atoms with Gasteiger partial charge in [-0.25, -0.2) is 9.78 Å². The molecule has 0 aliphatic rings. The van der Waals surface area contributed by atoms with Gasteiger partial charge in [-0.15, -0.1) is 0 Å². The van der Waals surface area contributed by atoms with Gasteiger partial charge in [0.2, 0.25) is 0 Å². The van der Waals surface area contributed by atoms with Crippen LogP contribution in [0.15, 0.2) is 18.2 Å². The van der Waals surface area contributed by atoms with Crippen LogP contribution in [0.1, 0.15) is 36.1 Å². The monoisotopic (exact) mass is 264 g/mol. The highest BCUT2D eigenvalue weighted by Gasteiger charge is 2.17. The van der Waals surface area contributed by atoms with E-state index in [4.69, 9.17) is 5.11 Å². The Hall–Kier alpha value is -1.92. The molecule has 2 rings (SSSR count). The van der Waals surface area contributed by atoms with E-state index in [2.05, 4.69) is 4.98 Å². The SMILES string of the molecule is CC(O)Cn1c(C(C)O)nc2cc(C(=O)O)ccc21. The summed E-state index contributed by atoms with van der Waals surface area (Å²) >= 11 is 0. The molecule has 0 saturated carbocycles. The lowest BCUT2D eigenvalue weighted by Gasteiger charge is -2.12. The third-order valence-electron chi connectivity index (χ3n) is 2.85. The molecule has 0 amide bonds. The predicted octanol–water partition coefficient (Wildman–Crippen LogP) is 1.17. The van der Waals surface area contributed by atoms with Crippen molar-refractivity contribution in [2.45, 2.75) is 32.6 Å². The van der Waals surface area contributed by atoms with Gasteiger partial charge in [-0.1, -0.05) is 0 Å². The number of carbonyl (C=O) groups is 1. The number of rotatable bonds is 4. The first-order valence-electron chi connectivity index (χ1n) is 5.99. The van der Waals surface area contributed by atoms with E-state index in [9.17, 15) is 15.0 Å². The minimum atomic E-state index is -1.02. The highest BCUT2D eigenvalue weighted by molar-refractivity contribution is 5.92. The van der Waals surface area contributed by atoms with Crippen molar-refractivity contribution in [3.05, 3.63) is 29.6 Å². The van der Waals surface area contributed by atoms with Gasteiger partial charge in [-0.2, -0.15) is 0 Å². The Labute approximate surface area is 109 Å². The summed E-state index contributed by atoms with van der Waals surface area (Å²) in [6, 6.07) is 4.58. The second-order valence-electron chi connectivity index (χ2n) is 4.61. The molecule has 2 aromatic rings. The molecule has 0 aliphatic carbocycles. The number of aliphatic hydroxyl groups is 2. The highest BCUT2D eigenvalue weighted by Crippen LogP contribution is 2.22. The fourth-order valence-electron chi connectivity index (χ4n) is 2.06. The minimum Gasteiger partial charge on any atom is -0.478 e. The van der Waals surface area contributed by atoms with E-state index in [0.717, 1.165) is 0 Å². The van der Waals surface area contributed by atoms with Crippen LogP contribution in [0.25, 0.3) is 11.0 Å². The molecule has 2 atom stereocenters. The molecule has 1 aromatic carbocycles. The van der Waals surface area contributed by atoms with Crippen molar-refractivity contribution in [1.29, 1.82) is 0 Å². The van der Waals surface area contributed by atoms with Crippen molar-refractivity contribution in [3.63, 3.8) is 0 Å². The average molecular weight is 264 g/mol. The summed E-state index contributed by atoms with van der Waals surface area (Å²) in [6.07, 6.45) is -1.38. The van der Waals surface area contributed by atoms with Gasteiger partial charge in [0.1, 0.15) is 11.9 Å². The number of hydrogen-bond acceptors (Lipinski definition) is 4. The van der Waals surface area contributed by atoms with Crippen LogP contribution in [0.5, 0.6) is 0 Å². The zero-order valence-corrected chi connectivity index (χ0v) is 10.7. The van der Waals surface area contributed by atoms with Crippen molar-refractivity contribution in [2.24, 2.45) is 0 Å². The molecule has 1 aromatic heterocycles. The molecule has 0 spiro atoms. The third-order valence-corrected chi connectivity index (χ3v) is 2.85. The summed E-state index contributed by atoms with van der Waals surface area (Å²) in [6.45, 7) is 3.52. The van der Waals surface area contributed by atoms with E-state index in [1.165, 1.54) is 12.1 Å². The molecule has 6 nitrogen and oxygen atoms in total. The number of carboxylic acid groups (broad SMARTS) is 1. The lowest BCUT2D eigenvalue weighted by molar-refractivity contribution is 0.0697. The number of carboxylic acids is 1. The van der Waals surface area contributed by atoms with Gasteiger partial charge in [0, 0.05) is 0 Å². The Balaban J connectivity index is 2.62. The molecule has 0 fully saturated rings. The standard InChI is InChI=1S/C13H16N2O4/c1-7(16)6-15-11-4-3-9(13(18)19)5-10(11)14-12(15)8(2)17/h3-5,7-8,16-17H,6H2,1-2H3,(H,18,19). The molecule has 0 radical (unpaired) electrons. The van der Waals surface area contributed by atoms with Crippen LogP contribution in [-0.2, 0) is 6.54 Å². The molecule has 2 unspecified atom stereocenters. The maximum atomic E-state index is 10.9. The van der Waals surface area contributed by atoms with Crippen molar-refractivity contribution >= 4 is 17.0 Å². The molecule has 0 bridgehead atoms. The van der Waals surface area contributed by atoms with Crippen molar-refractivity contribution < 1.29 is 20.1 Å². The molecule has 3 N–H and O–H groups in total. The number of benzene rings is 1. The molecular formula is C13H16N2O4. The summed E-state index contributed by atoms with van der Waals surface area (Å²) < 4.78 is 1.70. The van der Waals surface area contributed by atoms with Crippen LogP contribution >= 0.6 is 0 Å². The number of aromatic nitrogens is 2. The summed E-state index contributed by atoms with van der Waals surface area (Å²) in [5, 5.41) is 28.2. The van der Waals surface area contributed by atoms with E-state index in [0.29, 0.717) is 23.4 Å². The zero-order chi connectivity index (χ0) is 14.2. The van der Waals surface area contributed by atoms with Crippen molar-refractivity contribution in [2.75, 3.05) is 0 Å². The summed E-state index contributed by atoms with van der Waals surface area (Å²) in [7, 11) is 0. The van der Waals surface area contributed by atoms with Gasteiger partial charge in [0.15, 0.2) is 0 Å². The second-order valence-corrected chi connectivity index (χ2v) is 4.61. The van der Waals surface area contributed by atoms with Crippen molar-refractivity contribution in [1.82, 2.24) is 9.55 Å². The first-order chi connectivity index (χ1) is 8.90. The van der Waals surface area contributed by atoms with Crippen LogP contribution in [-0.4, -0.2) is 36.9 Å². The Bertz CT molecular complexity index is 616. The van der Waals surface area contributed by atoms with Crippen LogP contribution < -0.4 is 0 Å². The third kappa shape index (κ3) is 2.59. The molecule has 19 heavy (non-hydrogen) atoms. The molecule has 0 saturated heterocycles. The van der Waals surface area contributed by atoms with Gasteiger partial charge < -0.3 is 19.9 Å². The molecule has 6 heteroatoms. The lowest BCUT2D eigenvalue weighted by Crippen LogP contribution is -2.15. The van der Waals surface area contributed by atoms with E-state index >= 15 is 0 Å². The van der Waals surface area contributed by atoms with Gasteiger partial charge in [0.05, 0.1) is 29.2 Å². The number of fused-ring (bicyclic) bond motifs is 1. The summed E-state index contributed by atoms with van der Waals surface area (Å²) in [5.74, 6) is -0.607. The fourth-order valence-corrected chi connectivity index (χ4v) is 2.06. The Kier molecular flexibility index (Phi) is 3.55. The number of aliphatic hydroxyl groups excluding tert-OH is 2. The first-order valence-corrected chi connectivity index (χ1v) is 5.99. The Morgan fingerprint density at radius 2 is 2.05 bits per heavy atom. The van der Waals surface area contributed by atoms with Crippen LogP contribution in [0.2, 0.25) is 0 Å². The summed E-state index contributed by atoms with van der Waals surface area (Å²) in [5.41, 5.74) is 1.34. The normalized spacial score (nSPS) is 14.5. The fraction of sp³-hybridized carbons (Fsp3) is 0.385.